The maximum Gasteiger partial charge on any atom is 0.290 e. The van der Waals surface area contributed by atoms with Gasteiger partial charge in [0.15, 0.2) is 17.5 Å². The van der Waals surface area contributed by atoms with Gasteiger partial charge in [-0.2, -0.15) is 0 Å². The van der Waals surface area contributed by atoms with Gasteiger partial charge in [-0.3, -0.25) is 19.9 Å². The normalized spacial score (nSPS) is 18.4. The van der Waals surface area contributed by atoms with Crippen molar-refractivity contribution in [1.82, 2.24) is 15.3 Å². The van der Waals surface area contributed by atoms with Crippen LogP contribution in [-0.2, 0) is 9.53 Å². The first-order valence-electron chi connectivity index (χ1n) is 11.0. The highest BCUT2D eigenvalue weighted by atomic mass is 16.5. The van der Waals surface area contributed by atoms with E-state index in [0.29, 0.717) is 18.3 Å². The number of carboxylic acid groups (broad SMARTS) is 1. The SMILES string of the molecule is CCCOC1CCC(CCCCN=C(N)NC(=O)c2nc(C)c(N)nc2N)CC1.O=CO. The molecule has 180 valence electrons. The third kappa shape index (κ3) is 9.90. The van der Waals surface area contributed by atoms with Gasteiger partial charge in [-0.15, -0.1) is 0 Å². The average Bonchev–Trinajstić information content (AvgIpc) is 2.76. The number of carbonyl (C=O) groups excluding carboxylic acids is 1. The standard InChI is InChI=1S/C20H35N7O2.CH2O2/c1-3-12-29-15-9-7-14(8-10-15)6-4-5-11-24-20(23)27-19(28)16-18(22)26-17(21)13(2)25-16;2-1-3/h14-15H,3-12H2,1-2H3,(H4,21,22,26)(H3,23,24,27,28);1H,(H,2,3). The van der Waals surface area contributed by atoms with Crippen LogP contribution in [0.2, 0.25) is 0 Å². The highest BCUT2D eigenvalue weighted by Crippen LogP contribution is 2.29. The largest absolute Gasteiger partial charge is 0.483 e. The Morgan fingerprint density at radius 2 is 1.88 bits per heavy atom. The summed E-state index contributed by atoms with van der Waals surface area (Å²) in [6, 6.07) is 0. The van der Waals surface area contributed by atoms with Gasteiger partial charge in [-0.1, -0.05) is 19.8 Å². The molecule has 1 heterocycles. The maximum atomic E-state index is 12.2. The molecule has 1 saturated carbocycles. The van der Waals surface area contributed by atoms with E-state index < -0.39 is 5.91 Å². The lowest BCUT2D eigenvalue weighted by Crippen LogP contribution is -2.38. The van der Waals surface area contributed by atoms with Gasteiger partial charge in [0, 0.05) is 13.2 Å². The van der Waals surface area contributed by atoms with Gasteiger partial charge in [0.25, 0.3) is 12.4 Å². The fraction of sp³-hybridized carbons (Fsp3) is 0.667. The van der Waals surface area contributed by atoms with Crippen LogP contribution in [-0.4, -0.2) is 52.7 Å². The van der Waals surface area contributed by atoms with Gasteiger partial charge in [0.2, 0.25) is 0 Å². The summed E-state index contributed by atoms with van der Waals surface area (Å²) in [4.78, 5) is 32.8. The molecule has 1 aromatic rings. The summed E-state index contributed by atoms with van der Waals surface area (Å²) in [6.07, 6.45) is 9.65. The van der Waals surface area contributed by atoms with Gasteiger partial charge in [0.1, 0.15) is 5.82 Å². The summed E-state index contributed by atoms with van der Waals surface area (Å²) in [7, 11) is 0. The molecule has 0 unspecified atom stereocenters. The molecule has 1 amide bonds. The number of aliphatic imine (C=N–C) groups is 1. The number of nitrogen functional groups attached to an aromatic ring is 2. The smallest absolute Gasteiger partial charge is 0.290 e. The molecule has 8 N–H and O–H groups in total. The lowest BCUT2D eigenvalue weighted by atomic mass is 9.84. The second-order valence-electron chi connectivity index (χ2n) is 7.76. The Morgan fingerprint density at radius 3 is 2.50 bits per heavy atom. The first kappa shape index (κ1) is 27.1. The van der Waals surface area contributed by atoms with Crippen LogP contribution in [0.3, 0.4) is 0 Å². The van der Waals surface area contributed by atoms with Crippen molar-refractivity contribution in [3.63, 3.8) is 0 Å². The lowest BCUT2D eigenvalue weighted by Gasteiger charge is -2.28. The number of nitrogens with one attached hydrogen (secondary N) is 1. The predicted octanol–water partition coefficient (Wildman–Crippen LogP) is 1.85. The second kappa shape index (κ2) is 15.0. The van der Waals surface area contributed by atoms with E-state index >= 15 is 0 Å². The Bertz CT molecular complexity index is 750. The number of unbranched alkanes of at least 4 members (excludes halogenated alkanes) is 1. The maximum absolute atomic E-state index is 12.2. The summed E-state index contributed by atoms with van der Waals surface area (Å²) in [5.41, 5.74) is 17.6. The Labute approximate surface area is 189 Å². The first-order valence-corrected chi connectivity index (χ1v) is 11.0. The molecule has 1 aromatic heterocycles. The number of aryl methyl sites for hydroxylation is 1. The number of guanidine groups is 1. The molecular formula is C21H37N7O4. The minimum absolute atomic E-state index is 0.00614. The predicted molar refractivity (Wildman–Crippen MR) is 124 cm³/mol. The van der Waals surface area contributed by atoms with Crippen molar-refractivity contribution >= 4 is 30.0 Å². The van der Waals surface area contributed by atoms with Gasteiger partial charge >= 0.3 is 0 Å². The monoisotopic (exact) mass is 451 g/mol. The highest BCUT2D eigenvalue weighted by molar-refractivity contribution is 6.06. The lowest BCUT2D eigenvalue weighted by molar-refractivity contribution is -0.122. The summed E-state index contributed by atoms with van der Waals surface area (Å²) >= 11 is 0. The summed E-state index contributed by atoms with van der Waals surface area (Å²) in [5.74, 6) is 0.462. The van der Waals surface area contributed by atoms with E-state index in [0.717, 1.165) is 31.8 Å². The highest BCUT2D eigenvalue weighted by Gasteiger charge is 2.21. The van der Waals surface area contributed by atoms with E-state index in [2.05, 4.69) is 27.2 Å². The van der Waals surface area contributed by atoms with Gasteiger partial charge < -0.3 is 27.0 Å². The third-order valence-corrected chi connectivity index (χ3v) is 5.24. The van der Waals surface area contributed by atoms with E-state index in [1.54, 1.807) is 6.92 Å². The molecule has 0 radical (unpaired) electrons. The average molecular weight is 452 g/mol. The molecule has 1 aliphatic carbocycles. The number of rotatable bonds is 9. The van der Waals surface area contributed by atoms with Crippen LogP contribution in [0.15, 0.2) is 4.99 Å². The molecule has 1 aliphatic rings. The van der Waals surface area contributed by atoms with Crippen molar-refractivity contribution in [1.29, 1.82) is 0 Å². The minimum Gasteiger partial charge on any atom is -0.483 e. The first-order chi connectivity index (χ1) is 15.3. The van der Waals surface area contributed by atoms with Crippen LogP contribution in [0.25, 0.3) is 0 Å². The molecule has 32 heavy (non-hydrogen) atoms. The molecule has 0 spiro atoms. The second-order valence-corrected chi connectivity index (χ2v) is 7.76. The van der Waals surface area contributed by atoms with Crippen LogP contribution in [0.5, 0.6) is 0 Å². The number of carbonyl (C=O) groups is 2. The van der Waals surface area contributed by atoms with Gasteiger partial charge in [-0.05, 0) is 51.4 Å². The number of aromatic nitrogens is 2. The Morgan fingerprint density at radius 1 is 1.22 bits per heavy atom. The fourth-order valence-electron chi connectivity index (χ4n) is 3.54. The number of anilines is 2. The molecule has 11 heteroatoms. The van der Waals surface area contributed by atoms with Crippen LogP contribution in [0.1, 0.15) is 74.5 Å². The summed E-state index contributed by atoms with van der Waals surface area (Å²) in [6.45, 7) is 5.00. The van der Waals surface area contributed by atoms with Crippen molar-refractivity contribution < 1.29 is 19.4 Å². The van der Waals surface area contributed by atoms with Gasteiger partial charge in [0.05, 0.1) is 11.8 Å². The number of nitrogens with two attached hydrogens (primary N) is 3. The number of hydrogen-bond donors (Lipinski definition) is 5. The van der Waals surface area contributed by atoms with Crippen molar-refractivity contribution in [2.45, 2.75) is 71.3 Å². The van der Waals surface area contributed by atoms with Crippen LogP contribution >= 0.6 is 0 Å². The van der Waals surface area contributed by atoms with Crippen LogP contribution in [0.4, 0.5) is 11.6 Å². The summed E-state index contributed by atoms with van der Waals surface area (Å²) in [5, 5.41) is 9.39. The van der Waals surface area contributed by atoms with E-state index in [-0.39, 0.29) is 29.8 Å². The van der Waals surface area contributed by atoms with Crippen molar-refractivity contribution in [3.8, 4) is 0 Å². The fourth-order valence-corrected chi connectivity index (χ4v) is 3.54. The zero-order chi connectivity index (χ0) is 23.9. The Hall–Kier alpha value is -2.95. The van der Waals surface area contributed by atoms with Crippen LogP contribution < -0.4 is 22.5 Å². The zero-order valence-electron chi connectivity index (χ0n) is 19.0. The quantitative estimate of drug-likeness (QED) is 0.161. The molecule has 2 rings (SSSR count). The number of amides is 1. The summed E-state index contributed by atoms with van der Waals surface area (Å²) < 4.78 is 5.84. The van der Waals surface area contributed by atoms with Crippen LogP contribution in [0, 0.1) is 12.8 Å². The van der Waals surface area contributed by atoms with E-state index in [9.17, 15) is 4.79 Å². The van der Waals surface area contributed by atoms with E-state index in [1.165, 1.54) is 32.1 Å². The number of ether oxygens (including phenoxy) is 1. The molecule has 0 atom stereocenters. The van der Waals surface area contributed by atoms with Crippen molar-refractivity contribution in [2.24, 2.45) is 16.6 Å². The molecule has 0 saturated heterocycles. The molecule has 1 fully saturated rings. The molecular weight excluding hydrogens is 414 g/mol. The Balaban J connectivity index is 0.00000161. The van der Waals surface area contributed by atoms with E-state index in [4.69, 9.17) is 31.8 Å². The van der Waals surface area contributed by atoms with Gasteiger partial charge in [-0.25, -0.2) is 9.97 Å². The molecule has 0 bridgehead atoms. The van der Waals surface area contributed by atoms with Crippen molar-refractivity contribution in [2.75, 3.05) is 24.6 Å². The topological polar surface area (TPSA) is 192 Å². The van der Waals surface area contributed by atoms with E-state index in [1.807, 2.05) is 0 Å². The number of hydrogen-bond acceptors (Lipinski definition) is 8. The molecule has 0 aliphatic heterocycles. The van der Waals surface area contributed by atoms with Crippen molar-refractivity contribution in [3.05, 3.63) is 11.4 Å². The minimum atomic E-state index is -0.540. The molecule has 11 nitrogen and oxygen atoms in total. The third-order valence-electron chi connectivity index (χ3n) is 5.24. The Kier molecular flexibility index (Phi) is 12.7. The zero-order valence-corrected chi connectivity index (χ0v) is 19.0. The molecule has 0 aromatic carbocycles. The number of nitrogens with zero attached hydrogens (tertiary/aromatic N) is 3.